The van der Waals surface area contributed by atoms with Crippen molar-refractivity contribution in [1.82, 2.24) is 4.90 Å². The molecule has 1 aliphatic heterocycles. The van der Waals surface area contributed by atoms with Gasteiger partial charge in [-0.2, -0.15) is 13.2 Å². The standard InChI is InChI=1S/C32H39F3N2O6/c1-31(2,3)43-30(40)36(4)27(29(39)41-5)18-28(38)37-15-14-22-17-23(11-13-26(22)37)42-19-20-10-12-24(21-8-6-7-9-21)25(16-20)32(33,34)35/h10-13,16-17,21,27H,6-9,14-15,18-19H2,1-5H3/t27-/m1/s1. The molecule has 1 saturated carbocycles. The minimum Gasteiger partial charge on any atom is -0.489 e. The number of rotatable bonds is 8. The first-order chi connectivity index (χ1) is 20.2. The molecule has 0 N–H and O–H groups in total. The molecule has 43 heavy (non-hydrogen) atoms. The Bertz CT molecular complexity index is 1350. The lowest BCUT2D eigenvalue weighted by Gasteiger charge is -2.30. The summed E-state index contributed by atoms with van der Waals surface area (Å²) < 4.78 is 57.6. The third kappa shape index (κ3) is 7.80. The Labute approximate surface area is 250 Å². The van der Waals surface area contributed by atoms with E-state index in [1.807, 2.05) is 0 Å². The summed E-state index contributed by atoms with van der Waals surface area (Å²) in [6.07, 6.45) is -1.53. The van der Waals surface area contributed by atoms with E-state index in [9.17, 15) is 27.6 Å². The van der Waals surface area contributed by atoms with Crippen molar-refractivity contribution in [1.29, 1.82) is 0 Å². The van der Waals surface area contributed by atoms with Gasteiger partial charge in [0.25, 0.3) is 0 Å². The highest BCUT2D eigenvalue weighted by atomic mass is 19.4. The van der Waals surface area contributed by atoms with Crippen LogP contribution in [0.1, 0.15) is 81.0 Å². The number of ether oxygens (including phenoxy) is 3. The number of esters is 1. The fourth-order valence-electron chi connectivity index (χ4n) is 5.68. The summed E-state index contributed by atoms with van der Waals surface area (Å²) in [5.74, 6) is -0.705. The summed E-state index contributed by atoms with van der Waals surface area (Å²) in [7, 11) is 2.56. The van der Waals surface area contributed by atoms with Gasteiger partial charge in [0.1, 0.15) is 24.0 Å². The largest absolute Gasteiger partial charge is 0.489 e. The third-order valence-corrected chi connectivity index (χ3v) is 7.86. The summed E-state index contributed by atoms with van der Waals surface area (Å²) in [4.78, 5) is 41.0. The monoisotopic (exact) mass is 604 g/mol. The molecule has 0 radical (unpaired) electrons. The number of likely N-dealkylation sites (N-methyl/N-ethyl adjacent to an activating group) is 1. The fourth-order valence-corrected chi connectivity index (χ4v) is 5.68. The Morgan fingerprint density at radius 3 is 2.37 bits per heavy atom. The lowest BCUT2D eigenvalue weighted by molar-refractivity contribution is -0.148. The van der Waals surface area contributed by atoms with E-state index < -0.39 is 35.4 Å². The molecule has 1 aliphatic carbocycles. The maximum atomic E-state index is 13.9. The Morgan fingerprint density at radius 1 is 1.05 bits per heavy atom. The van der Waals surface area contributed by atoms with Gasteiger partial charge in [0.15, 0.2) is 0 Å². The molecule has 11 heteroatoms. The maximum Gasteiger partial charge on any atom is 0.416 e. The average Bonchev–Trinajstić information content (AvgIpc) is 3.63. The van der Waals surface area contributed by atoms with Crippen molar-refractivity contribution in [2.75, 3.05) is 25.6 Å². The average molecular weight is 605 g/mol. The van der Waals surface area contributed by atoms with Crippen LogP contribution in [-0.2, 0) is 38.3 Å². The van der Waals surface area contributed by atoms with Crippen LogP contribution in [0.5, 0.6) is 5.75 Å². The fraction of sp³-hybridized carbons (Fsp3) is 0.531. The Balaban J connectivity index is 1.43. The number of carbonyl (C=O) groups is 3. The van der Waals surface area contributed by atoms with Gasteiger partial charge in [-0.3, -0.25) is 9.69 Å². The van der Waals surface area contributed by atoms with Gasteiger partial charge in [-0.15, -0.1) is 0 Å². The zero-order valence-corrected chi connectivity index (χ0v) is 25.3. The van der Waals surface area contributed by atoms with Gasteiger partial charge < -0.3 is 19.1 Å². The zero-order chi connectivity index (χ0) is 31.5. The van der Waals surface area contributed by atoms with E-state index in [1.54, 1.807) is 51.1 Å². The summed E-state index contributed by atoms with van der Waals surface area (Å²) in [6, 6.07) is 8.43. The molecule has 2 aromatic carbocycles. The number of fused-ring (bicyclic) bond motifs is 1. The Morgan fingerprint density at radius 2 is 1.74 bits per heavy atom. The van der Waals surface area contributed by atoms with Crippen molar-refractivity contribution in [3.05, 3.63) is 58.7 Å². The van der Waals surface area contributed by atoms with E-state index in [0.29, 0.717) is 35.5 Å². The number of hydrogen-bond acceptors (Lipinski definition) is 6. The maximum absolute atomic E-state index is 13.9. The Hall–Kier alpha value is -3.76. The van der Waals surface area contributed by atoms with Gasteiger partial charge in [-0.05, 0) is 86.9 Å². The van der Waals surface area contributed by atoms with Crippen LogP contribution in [-0.4, -0.2) is 55.2 Å². The normalized spacial score (nSPS) is 16.0. The number of amides is 2. The number of hydrogen-bond donors (Lipinski definition) is 0. The highest BCUT2D eigenvalue weighted by molar-refractivity contribution is 5.98. The van der Waals surface area contributed by atoms with Crippen LogP contribution in [0.2, 0.25) is 0 Å². The number of halogens is 3. The summed E-state index contributed by atoms with van der Waals surface area (Å²) in [6.45, 7) is 5.42. The Kier molecular flexibility index (Phi) is 9.61. The van der Waals surface area contributed by atoms with Gasteiger partial charge in [0.2, 0.25) is 5.91 Å². The molecule has 0 bridgehead atoms. The molecule has 1 fully saturated rings. The van der Waals surface area contributed by atoms with Crippen LogP contribution in [0.3, 0.4) is 0 Å². The van der Waals surface area contributed by atoms with Gasteiger partial charge >= 0.3 is 18.2 Å². The summed E-state index contributed by atoms with van der Waals surface area (Å²) in [5.41, 5.74) is 0.876. The van der Waals surface area contributed by atoms with Gasteiger partial charge in [-0.25, -0.2) is 9.59 Å². The van der Waals surface area contributed by atoms with Crippen LogP contribution >= 0.6 is 0 Å². The topological polar surface area (TPSA) is 85.4 Å². The predicted molar refractivity (Wildman–Crippen MR) is 154 cm³/mol. The summed E-state index contributed by atoms with van der Waals surface area (Å²) in [5, 5.41) is 0. The van der Waals surface area contributed by atoms with E-state index in [-0.39, 0.29) is 24.9 Å². The second kappa shape index (κ2) is 12.9. The second-order valence-electron chi connectivity index (χ2n) is 12.1. The molecule has 2 amide bonds. The number of carbonyl (C=O) groups excluding carboxylic acids is 3. The predicted octanol–water partition coefficient (Wildman–Crippen LogP) is 6.63. The first-order valence-electron chi connectivity index (χ1n) is 14.5. The van der Waals surface area contributed by atoms with Crippen molar-refractivity contribution >= 4 is 23.7 Å². The van der Waals surface area contributed by atoms with Gasteiger partial charge in [0, 0.05) is 19.3 Å². The molecular formula is C32H39F3N2O6. The van der Waals surface area contributed by atoms with E-state index in [0.717, 1.165) is 36.1 Å². The first kappa shape index (κ1) is 32.2. The molecule has 1 atom stereocenters. The minimum atomic E-state index is -4.44. The number of alkyl halides is 3. The summed E-state index contributed by atoms with van der Waals surface area (Å²) >= 11 is 0. The lowest BCUT2D eigenvalue weighted by Crippen LogP contribution is -2.48. The lowest BCUT2D eigenvalue weighted by atomic mass is 9.91. The second-order valence-corrected chi connectivity index (χ2v) is 12.1. The molecule has 8 nitrogen and oxygen atoms in total. The number of anilines is 1. The van der Waals surface area contributed by atoms with Crippen LogP contribution in [0.4, 0.5) is 23.7 Å². The SMILES string of the molecule is COC(=O)[C@@H](CC(=O)N1CCc2cc(OCc3ccc(C4CCCC4)c(C(F)(F)F)c3)ccc21)N(C)C(=O)OC(C)(C)C. The number of methoxy groups -OCH3 is 1. The highest BCUT2D eigenvalue weighted by Gasteiger charge is 2.37. The third-order valence-electron chi connectivity index (χ3n) is 7.86. The quantitative estimate of drug-likeness (QED) is 0.315. The van der Waals surface area contributed by atoms with Crippen LogP contribution in [0.25, 0.3) is 0 Å². The van der Waals surface area contributed by atoms with Crippen molar-refractivity contribution in [3.8, 4) is 5.75 Å². The molecule has 0 saturated heterocycles. The van der Waals surface area contributed by atoms with Crippen molar-refractivity contribution in [2.24, 2.45) is 0 Å². The van der Waals surface area contributed by atoms with Crippen molar-refractivity contribution in [3.63, 3.8) is 0 Å². The van der Waals surface area contributed by atoms with Crippen molar-refractivity contribution in [2.45, 2.75) is 89.6 Å². The van der Waals surface area contributed by atoms with Crippen LogP contribution < -0.4 is 9.64 Å². The number of benzene rings is 2. The van der Waals surface area contributed by atoms with E-state index >= 15 is 0 Å². The molecule has 2 aromatic rings. The molecular weight excluding hydrogens is 565 g/mol. The van der Waals surface area contributed by atoms with E-state index in [2.05, 4.69) is 0 Å². The van der Waals surface area contributed by atoms with E-state index in [4.69, 9.17) is 14.2 Å². The minimum absolute atomic E-state index is 0.0345. The van der Waals surface area contributed by atoms with Crippen LogP contribution in [0, 0.1) is 0 Å². The van der Waals surface area contributed by atoms with Crippen LogP contribution in [0.15, 0.2) is 36.4 Å². The molecule has 2 aliphatic rings. The first-order valence-corrected chi connectivity index (χ1v) is 14.5. The molecule has 1 heterocycles. The van der Waals surface area contributed by atoms with E-state index in [1.165, 1.54) is 25.1 Å². The smallest absolute Gasteiger partial charge is 0.416 e. The zero-order valence-electron chi connectivity index (χ0n) is 25.3. The molecule has 234 valence electrons. The molecule has 0 unspecified atom stereocenters. The highest BCUT2D eigenvalue weighted by Crippen LogP contribution is 2.42. The molecule has 0 aromatic heterocycles. The molecule has 4 rings (SSSR count). The number of nitrogens with zero attached hydrogens (tertiary/aromatic N) is 2. The van der Waals surface area contributed by atoms with Gasteiger partial charge in [-0.1, -0.05) is 25.0 Å². The van der Waals surface area contributed by atoms with Gasteiger partial charge in [0.05, 0.1) is 19.1 Å². The molecule has 0 spiro atoms. The van der Waals surface area contributed by atoms with Crippen molar-refractivity contribution < 1.29 is 41.8 Å².